The van der Waals surface area contributed by atoms with Gasteiger partial charge in [-0.25, -0.2) is 4.99 Å². The van der Waals surface area contributed by atoms with Gasteiger partial charge in [0.25, 0.3) is 5.91 Å². The molecule has 146 valence electrons. The van der Waals surface area contributed by atoms with Gasteiger partial charge in [0.05, 0.1) is 11.4 Å². The molecule has 0 aliphatic heterocycles. The van der Waals surface area contributed by atoms with E-state index in [1.54, 1.807) is 13.1 Å². The van der Waals surface area contributed by atoms with Crippen LogP contribution in [0.1, 0.15) is 30.0 Å². The number of H-pyrrole nitrogens is 1. The number of nitrogens with zero attached hydrogens (tertiary/aromatic N) is 4. The second-order valence-corrected chi connectivity index (χ2v) is 7.06. The van der Waals surface area contributed by atoms with Crippen LogP contribution in [0.4, 0.5) is 5.82 Å². The zero-order chi connectivity index (χ0) is 20.3. The van der Waals surface area contributed by atoms with Gasteiger partial charge in [0.15, 0.2) is 5.82 Å². The lowest BCUT2D eigenvalue weighted by Gasteiger charge is -2.11. The quantitative estimate of drug-likeness (QED) is 0.462. The topological polar surface area (TPSA) is 100.0 Å². The third-order valence-electron chi connectivity index (χ3n) is 3.83. The van der Waals surface area contributed by atoms with Gasteiger partial charge in [0, 0.05) is 24.2 Å². The molecule has 0 fully saturated rings. The van der Waals surface area contributed by atoms with Gasteiger partial charge in [-0.15, -0.1) is 0 Å². The Kier molecular flexibility index (Phi) is 5.79. The summed E-state index contributed by atoms with van der Waals surface area (Å²) in [5, 5.41) is 17.9. The monoisotopic (exact) mass is 399 g/mol. The van der Waals surface area contributed by atoms with Crippen molar-refractivity contribution in [3.8, 4) is 11.3 Å². The fourth-order valence-electron chi connectivity index (χ4n) is 2.63. The Morgan fingerprint density at radius 2 is 1.96 bits per heavy atom. The highest BCUT2D eigenvalue weighted by atomic mass is 35.5. The summed E-state index contributed by atoms with van der Waals surface area (Å²) in [5.41, 5.74) is 2.97. The number of halogens is 1. The highest BCUT2D eigenvalue weighted by Crippen LogP contribution is 2.21. The van der Waals surface area contributed by atoms with Crippen LogP contribution in [-0.4, -0.2) is 37.9 Å². The minimum Gasteiger partial charge on any atom is -0.309 e. The molecule has 8 nitrogen and oxygen atoms in total. The summed E-state index contributed by atoms with van der Waals surface area (Å²) >= 11 is 5.93. The van der Waals surface area contributed by atoms with Gasteiger partial charge >= 0.3 is 0 Å². The number of aromatic nitrogens is 4. The normalized spacial score (nSPS) is 11.7. The van der Waals surface area contributed by atoms with Crippen molar-refractivity contribution in [2.45, 2.75) is 26.8 Å². The molecule has 0 unspecified atom stereocenters. The Hall–Kier alpha value is -3.13. The minimum absolute atomic E-state index is 0.0225. The van der Waals surface area contributed by atoms with Crippen LogP contribution in [0.15, 0.2) is 41.4 Å². The summed E-state index contributed by atoms with van der Waals surface area (Å²) in [6.45, 7) is 5.68. The number of aryl methyl sites for hydroxylation is 2. The first-order chi connectivity index (χ1) is 13.3. The van der Waals surface area contributed by atoms with Gasteiger partial charge < -0.3 is 5.32 Å². The van der Waals surface area contributed by atoms with Gasteiger partial charge in [-0.05, 0) is 44.5 Å². The number of guanidine groups is 1. The van der Waals surface area contributed by atoms with E-state index in [-0.39, 0.29) is 11.9 Å². The molecule has 9 heteroatoms. The first kappa shape index (κ1) is 19.6. The molecule has 0 bridgehead atoms. The van der Waals surface area contributed by atoms with Gasteiger partial charge in [0.2, 0.25) is 5.96 Å². The van der Waals surface area contributed by atoms with E-state index >= 15 is 0 Å². The van der Waals surface area contributed by atoms with Crippen LogP contribution in [0.2, 0.25) is 5.02 Å². The number of benzene rings is 1. The Morgan fingerprint density at radius 1 is 1.25 bits per heavy atom. The third-order valence-corrected chi connectivity index (χ3v) is 4.09. The molecular weight excluding hydrogens is 378 g/mol. The molecule has 0 atom stereocenters. The van der Waals surface area contributed by atoms with E-state index in [1.165, 1.54) is 4.68 Å². The van der Waals surface area contributed by atoms with E-state index in [0.717, 1.165) is 17.0 Å². The highest BCUT2D eigenvalue weighted by Gasteiger charge is 2.15. The second kappa shape index (κ2) is 8.26. The fourth-order valence-corrected chi connectivity index (χ4v) is 2.76. The predicted octanol–water partition coefficient (Wildman–Crippen LogP) is 3.38. The van der Waals surface area contributed by atoms with Gasteiger partial charge in [-0.2, -0.15) is 10.2 Å². The van der Waals surface area contributed by atoms with Crippen molar-refractivity contribution in [3.63, 3.8) is 0 Å². The number of aliphatic imine (C=N–C) groups is 1. The lowest BCUT2D eigenvalue weighted by molar-refractivity contribution is 0.0967. The lowest BCUT2D eigenvalue weighted by atomic mass is 10.1. The van der Waals surface area contributed by atoms with E-state index in [1.807, 2.05) is 51.1 Å². The van der Waals surface area contributed by atoms with Crippen LogP contribution in [0, 0.1) is 6.92 Å². The molecule has 0 saturated carbocycles. The summed E-state index contributed by atoms with van der Waals surface area (Å²) in [7, 11) is 1.72. The molecule has 0 saturated heterocycles. The van der Waals surface area contributed by atoms with Crippen LogP contribution in [0.3, 0.4) is 0 Å². The standard InChI is InChI=1S/C19H22ClN7O/c1-11(2)21-19(23-18(28)16-9-12(3)26-27(16)4)22-17-10-15(24-25-17)13-5-7-14(20)8-6-13/h5-11H,1-4H3,(H3,21,22,23,24,25,28). The van der Waals surface area contributed by atoms with Crippen molar-refractivity contribution in [2.75, 3.05) is 5.32 Å². The predicted molar refractivity (Wildman–Crippen MR) is 111 cm³/mol. The molecule has 0 spiro atoms. The van der Waals surface area contributed by atoms with Crippen molar-refractivity contribution < 1.29 is 4.79 Å². The first-order valence-electron chi connectivity index (χ1n) is 8.80. The second-order valence-electron chi connectivity index (χ2n) is 6.62. The number of carbonyl (C=O) groups is 1. The maximum Gasteiger partial charge on any atom is 0.276 e. The van der Waals surface area contributed by atoms with Gasteiger partial charge in [0.1, 0.15) is 5.69 Å². The summed E-state index contributed by atoms with van der Waals surface area (Å²) in [5.74, 6) is 0.544. The lowest BCUT2D eigenvalue weighted by Crippen LogP contribution is -2.37. The van der Waals surface area contributed by atoms with E-state index < -0.39 is 0 Å². The number of carbonyl (C=O) groups excluding carboxylic acids is 1. The number of anilines is 1. The Balaban J connectivity index is 1.77. The highest BCUT2D eigenvalue weighted by molar-refractivity contribution is 6.30. The largest absolute Gasteiger partial charge is 0.309 e. The Morgan fingerprint density at radius 3 is 2.57 bits per heavy atom. The van der Waals surface area contributed by atoms with E-state index in [4.69, 9.17) is 11.6 Å². The third kappa shape index (κ3) is 4.77. The molecule has 1 amide bonds. The zero-order valence-corrected chi connectivity index (χ0v) is 16.9. The van der Waals surface area contributed by atoms with Gasteiger partial charge in [-0.3, -0.25) is 19.9 Å². The molecule has 3 aromatic rings. The maximum absolute atomic E-state index is 12.6. The number of aromatic amines is 1. The van der Waals surface area contributed by atoms with Crippen molar-refractivity contribution >= 4 is 29.3 Å². The van der Waals surface area contributed by atoms with Crippen molar-refractivity contribution in [1.82, 2.24) is 25.3 Å². The summed E-state index contributed by atoms with van der Waals surface area (Å²) < 4.78 is 1.53. The number of amides is 1. The van der Waals surface area contributed by atoms with E-state index in [9.17, 15) is 4.79 Å². The van der Waals surface area contributed by atoms with Crippen LogP contribution in [0.25, 0.3) is 11.3 Å². The molecule has 3 N–H and O–H groups in total. The Labute approximate surface area is 168 Å². The molecule has 2 aromatic heterocycles. The summed E-state index contributed by atoms with van der Waals surface area (Å²) in [6.07, 6.45) is 0. The molecule has 1 aromatic carbocycles. The van der Waals surface area contributed by atoms with Crippen LogP contribution >= 0.6 is 11.6 Å². The number of hydrogen-bond donors (Lipinski definition) is 3. The molecule has 2 heterocycles. The summed E-state index contributed by atoms with van der Waals surface area (Å²) in [4.78, 5) is 17.0. The molecule has 28 heavy (non-hydrogen) atoms. The van der Waals surface area contributed by atoms with Crippen molar-refractivity contribution in [1.29, 1.82) is 0 Å². The summed E-state index contributed by atoms with van der Waals surface area (Å²) in [6, 6.07) is 10.9. The zero-order valence-electron chi connectivity index (χ0n) is 16.1. The van der Waals surface area contributed by atoms with Crippen molar-refractivity contribution in [3.05, 3.63) is 52.8 Å². The average molecular weight is 400 g/mol. The smallest absolute Gasteiger partial charge is 0.276 e. The molecule has 0 radical (unpaired) electrons. The number of rotatable bonds is 4. The Bertz CT molecular complexity index is 1000. The van der Waals surface area contributed by atoms with Gasteiger partial charge in [-0.1, -0.05) is 23.7 Å². The molecule has 0 aliphatic rings. The molecular formula is C19H22ClN7O. The van der Waals surface area contributed by atoms with Crippen LogP contribution in [-0.2, 0) is 7.05 Å². The molecule has 3 rings (SSSR count). The molecule has 0 aliphatic carbocycles. The number of nitrogens with one attached hydrogen (secondary N) is 3. The maximum atomic E-state index is 12.6. The minimum atomic E-state index is -0.302. The van der Waals surface area contributed by atoms with Crippen LogP contribution in [0.5, 0.6) is 0 Å². The SMILES string of the molecule is Cc1cc(C(=O)NC(=NC(C)C)Nc2cc(-c3ccc(Cl)cc3)[nH]n2)n(C)n1. The fraction of sp³-hybridized carbons (Fsp3) is 0.263. The number of hydrogen-bond acceptors (Lipinski definition) is 4. The van der Waals surface area contributed by atoms with Crippen LogP contribution < -0.4 is 10.6 Å². The average Bonchev–Trinajstić information content (AvgIpc) is 3.21. The van der Waals surface area contributed by atoms with E-state index in [0.29, 0.717) is 22.5 Å². The van der Waals surface area contributed by atoms with Crippen molar-refractivity contribution in [2.24, 2.45) is 12.0 Å². The van der Waals surface area contributed by atoms with E-state index in [2.05, 4.69) is 30.9 Å². The first-order valence-corrected chi connectivity index (χ1v) is 9.18.